The Morgan fingerprint density at radius 2 is 1.35 bits per heavy atom. The minimum Gasteiger partial charge on any atom is -0.208 e. The van der Waals surface area contributed by atoms with Crippen LogP contribution in [0.5, 0.6) is 0 Å². The van der Waals surface area contributed by atoms with E-state index in [4.69, 9.17) is 0 Å². The summed E-state index contributed by atoms with van der Waals surface area (Å²) in [5, 5.41) is 0. The summed E-state index contributed by atoms with van der Waals surface area (Å²) < 4.78 is 53.6. The summed E-state index contributed by atoms with van der Waals surface area (Å²) in [6, 6.07) is 5.55. The fourth-order valence-electron chi connectivity index (χ4n) is 2.71. The van der Waals surface area contributed by atoms with Gasteiger partial charge in [-0.3, -0.25) is 0 Å². The largest absolute Gasteiger partial charge is 0.243 e. The Hall–Kier alpha value is -0.960. The highest BCUT2D eigenvalue weighted by Crippen LogP contribution is 2.24. The van der Waals surface area contributed by atoms with E-state index in [-0.39, 0.29) is 15.8 Å². The maximum absolute atomic E-state index is 12.6. The third kappa shape index (κ3) is 3.93. The lowest BCUT2D eigenvalue weighted by molar-refractivity contribution is 0.423. The summed E-state index contributed by atoms with van der Waals surface area (Å²) in [6.45, 7) is 1.07. The van der Waals surface area contributed by atoms with Crippen LogP contribution in [0.3, 0.4) is 0 Å². The van der Waals surface area contributed by atoms with E-state index in [1.165, 1.54) is 28.6 Å². The van der Waals surface area contributed by atoms with E-state index in [9.17, 15) is 16.8 Å². The Morgan fingerprint density at radius 1 is 0.826 bits per heavy atom. The maximum atomic E-state index is 12.6. The van der Waals surface area contributed by atoms with Crippen molar-refractivity contribution in [3.63, 3.8) is 0 Å². The van der Waals surface area contributed by atoms with Crippen molar-refractivity contribution < 1.29 is 16.8 Å². The molecule has 2 fully saturated rings. The average Bonchev–Trinajstić information content (AvgIpc) is 3.33. The van der Waals surface area contributed by atoms with Crippen LogP contribution in [0.2, 0.25) is 0 Å². The predicted octanol–water partition coefficient (Wildman–Crippen LogP) is 1.69. The Labute approximate surface area is 138 Å². The number of hydrogen-bond acceptors (Lipinski definition) is 4. The number of nitrogens with one attached hydrogen (secondary N) is 1. The van der Waals surface area contributed by atoms with Gasteiger partial charge in [-0.15, -0.1) is 0 Å². The summed E-state index contributed by atoms with van der Waals surface area (Å²) in [7, 11) is -7.09. The van der Waals surface area contributed by atoms with Crippen molar-refractivity contribution in [2.45, 2.75) is 54.4 Å². The second kappa shape index (κ2) is 6.51. The van der Waals surface area contributed by atoms with Gasteiger partial charge in [0.2, 0.25) is 20.0 Å². The standard InChI is InChI=1S/C15H22N2O4S2/c18-22(19,16-13-5-6-13)14-7-9-15(10-8-14)23(20,21)17-11-3-1-2-4-12-17/h7-10,13,16H,1-6,11-12H2. The number of benzene rings is 1. The van der Waals surface area contributed by atoms with Crippen LogP contribution in [0.1, 0.15) is 38.5 Å². The van der Waals surface area contributed by atoms with Crippen LogP contribution < -0.4 is 4.72 Å². The van der Waals surface area contributed by atoms with Gasteiger partial charge in [-0.1, -0.05) is 12.8 Å². The molecule has 1 N–H and O–H groups in total. The van der Waals surface area contributed by atoms with Crippen molar-refractivity contribution in [3.8, 4) is 0 Å². The van der Waals surface area contributed by atoms with E-state index in [0.717, 1.165) is 38.5 Å². The van der Waals surface area contributed by atoms with Gasteiger partial charge in [0.05, 0.1) is 9.79 Å². The molecule has 0 amide bonds. The minimum atomic E-state index is -3.55. The van der Waals surface area contributed by atoms with Gasteiger partial charge in [0, 0.05) is 19.1 Å². The molecule has 0 bridgehead atoms. The first-order valence-electron chi connectivity index (χ1n) is 8.02. The van der Waals surface area contributed by atoms with E-state index in [2.05, 4.69) is 4.72 Å². The molecule has 1 aliphatic heterocycles. The molecule has 1 heterocycles. The molecule has 0 atom stereocenters. The van der Waals surface area contributed by atoms with E-state index in [1.54, 1.807) is 0 Å². The van der Waals surface area contributed by atoms with Gasteiger partial charge in [0.15, 0.2) is 0 Å². The Morgan fingerprint density at radius 3 is 1.87 bits per heavy atom. The van der Waals surface area contributed by atoms with Gasteiger partial charge in [0.1, 0.15) is 0 Å². The molecule has 128 valence electrons. The quantitative estimate of drug-likeness (QED) is 0.868. The van der Waals surface area contributed by atoms with Crippen LogP contribution in [0, 0.1) is 0 Å². The van der Waals surface area contributed by atoms with Crippen LogP contribution in [0.4, 0.5) is 0 Å². The van der Waals surface area contributed by atoms with Crippen molar-refractivity contribution in [3.05, 3.63) is 24.3 Å². The Balaban J connectivity index is 1.80. The molecule has 1 aliphatic carbocycles. The molecule has 1 saturated carbocycles. The molecule has 1 saturated heterocycles. The van der Waals surface area contributed by atoms with Gasteiger partial charge in [-0.05, 0) is 49.9 Å². The first kappa shape index (κ1) is 16.9. The van der Waals surface area contributed by atoms with Gasteiger partial charge >= 0.3 is 0 Å². The zero-order valence-corrected chi connectivity index (χ0v) is 14.6. The molecule has 3 rings (SSSR count). The number of sulfonamides is 2. The zero-order valence-electron chi connectivity index (χ0n) is 12.9. The van der Waals surface area contributed by atoms with E-state index < -0.39 is 20.0 Å². The SMILES string of the molecule is O=S(=O)(NC1CC1)c1ccc(S(=O)(=O)N2CCCCCC2)cc1. The fraction of sp³-hybridized carbons (Fsp3) is 0.600. The number of rotatable bonds is 5. The lowest BCUT2D eigenvalue weighted by atomic mass is 10.2. The van der Waals surface area contributed by atoms with Crippen LogP contribution in [0.25, 0.3) is 0 Å². The van der Waals surface area contributed by atoms with Crippen LogP contribution in [-0.4, -0.2) is 40.3 Å². The highest BCUT2D eigenvalue weighted by atomic mass is 32.2. The van der Waals surface area contributed by atoms with Crippen LogP contribution >= 0.6 is 0 Å². The molecule has 0 spiro atoms. The third-order valence-corrected chi connectivity index (χ3v) is 7.69. The maximum Gasteiger partial charge on any atom is 0.243 e. The van der Waals surface area contributed by atoms with Crippen molar-refractivity contribution in [1.82, 2.24) is 9.03 Å². The second-order valence-electron chi connectivity index (χ2n) is 6.19. The van der Waals surface area contributed by atoms with Crippen molar-refractivity contribution in [2.75, 3.05) is 13.1 Å². The molecule has 23 heavy (non-hydrogen) atoms. The molecule has 0 aromatic heterocycles. The Kier molecular flexibility index (Phi) is 4.78. The highest BCUT2D eigenvalue weighted by Gasteiger charge is 2.29. The highest BCUT2D eigenvalue weighted by molar-refractivity contribution is 7.89. The zero-order chi connectivity index (χ0) is 16.5. The molecule has 1 aromatic carbocycles. The lowest BCUT2D eigenvalue weighted by Gasteiger charge is -2.20. The topological polar surface area (TPSA) is 83.5 Å². The first-order chi connectivity index (χ1) is 10.9. The molecule has 1 aromatic rings. The summed E-state index contributed by atoms with van der Waals surface area (Å²) in [6.07, 6.45) is 5.57. The van der Waals surface area contributed by atoms with Gasteiger partial charge < -0.3 is 0 Å². The predicted molar refractivity (Wildman–Crippen MR) is 87.0 cm³/mol. The molecule has 0 unspecified atom stereocenters. The average molecular weight is 358 g/mol. The molecule has 2 aliphatic rings. The van der Waals surface area contributed by atoms with Crippen molar-refractivity contribution >= 4 is 20.0 Å². The van der Waals surface area contributed by atoms with Gasteiger partial charge in [-0.25, -0.2) is 21.6 Å². The number of hydrogen-bond donors (Lipinski definition) is 1. The molecule has 0 radical (unpaired) electrons. The molecular formula is C15H22N2O4S2. The summed E-state index contributed by atoms with van der Waals surface area (Å²) in [5.41, 5.74) is 0. The normalized spacial score (nSPS) is 21.0. The van der Waals surface area contributed by atoms with Crippen LogP contribution in [-0.2, 0) is 20.0 Å². The van der Waals surface area contributed by atoms with Gasteiger partial charge in [0.25, 0.3) is 0 Å². The van der Waals surface area contributed by atoms with Crippen LogP contribution in [0.15, 0.2) is 34.1 Å². The van der Waals surface area contributed by atoms with Crippen molar-refractivity contribution in [1.29, 1.82) is 0 Å². The van der Waals surface area contributed by atoms with E-state index in [1.807, 2.05) is 0 Å². The number of nitrogens with zero attached hydrogens (tertiary/aromatic N) is 1. The molecular weight excluding hydrogens is 336 g/mol. The van der Waals surface area contributed by atoms with Gasteiger partial charge in [-0.2, -0.15) is 4.31 Å². The van der Waals surface area contributed by atoms with Crippen molar-refractivity contribution in [2.24, 2.45) is 0 Å². The molecule has 6 nitrogen and oxygen atoms in total. The summed E-state index contributed by atoms with van der Waals surface area (Å²) in [5.74, 6) is 0. The summed E-state index contributed by atoms with van der Waals surface area (Å²) in [4.78, 5) is 0.268. The minimum absolute atomic E-state index is 0.0282. The Bertz CT molecular complexity index is 745. The summed E-state index contributed by atoms with van der Waals surface area (Å²) >= 11 is 0. The first-order valence-corrected chi connectivity index (χ1v) is 10.9. The third-order valence-electron chi connectivity index (χ3n) is 4.24. The van der Waals surface area contributed by atoms with E-state index >= 15 is 0 Å². The smallest absolute Gasteiger partial charge is 0.208 e. The monoisotopic (exact) mass is 358 g/mol. The van der Waals surface area contributed by atoms with E-state index in [0.29, 0.717) is 13.1 Å². The fourth-order valence-corrected chi connectivity index (χ4v) is 5.53. The lowest BCUT2D eigenvalue weighted by Crippen LogP contribution is -2.32. The second-order valence-corrected chi connectivity index (χ2v) is 9.84. The molecule has 8 heteroatoms.